The van der Waals surface area contributed by atoms with Gasteiger partial charge in [-0.15, -0.1) is 0 Å². The van der Waals surface area contributed by atoms with Crippen LogP contribution in [0.5, 0.6) is 0 Å². The van der Waals surface area contributed by atoms with Gasteiger partial charge in [0, 0.05) is 0 Å². The highest BCUT2D eigenvalue weighted by molar-refractivity contribution is 5.30. The summed E-state index contributed by atoms with van der Waals surface area (Å²) in [5, 5.41) is 0. The minimum absolute atomic E-state index is 1.03. The highest BCUT2D eigenvalue weighted by atomic mass is 14.0. The standard InChI is InChI=1S/C15H16/c1-12-5-3-7-14(9-12)11-15-8-4-6-13(2)10-15/h3-10H,11H2,1-2H3. The van der Waals surface area contributed by atoms with Gasteiger partial charge in [-0.3, -0.25) is 0 Å². The van der Waals surface area contributed by atoms with Crippen LogP contribution in [0.2, 0.25) is 0 Å². The van der Waals surface area contributed by atoms with Gasteiger partial charge in [0.2, 0.25) is 0 Å². The van der Waals surface area contributed by atoms with E-state index in [-0.39, 0.29) is 0 Å². The molecule has 0 radical (unpaired) electrons. The van der Waals surface area contributed by atoms with Crippen molar-refractivity contribution in [2.45, 2.75) is 20.3 Å². The molecule has 2 rings (SSSR count). The summed E-state index contributed by atoms with van der Waals surface area (Å²) >= 11 is 0. The van der Waals surface area contributed by atoms with Gasteiger partial charge in [0.15, 0.2) is 0 Å². The number of aryl methyl sites for hydroxylation is 2. The molecule has 2 aromatic carbocycles. The molecule has 0 spiro atoms. The van der Waals surface area contributed by atoms with Crippen molar-refractivity contribution in [2.75, 3.05) is 0 Å². The van der Waals surface area contributed by atoms with Crippen LogP contribution in [0.1, 0.15) is 22.3 Å². The first-order chi connectivity index (χ1) is 7.24. The van der Waals surface area contributed by atoms with Crippen LogP contribution >= 0.6 is 0 Å². The Labute approximate surface area is 91.6 Å². The summed E-state index contributed by atoms with van der Waals surface area (Å²) in [6, 6.07) is 17.4. The number of rotatable bonds is 2. The maximum atomic E-state index is 2.25. The molecule has 0 fully saturated rings. The highest BCUT2D eigenvalue weighted by Gasteiger charge is 1.96. The van der Waals surface area contributed by atoms with Crippen molar-refractivity contribution in [1.82, 2.24) is 0 Å². The third-order valence-corrected chi connectivity index (χ3v) is 2.57. The van der Waals surface area contributed by atoms with Crippen molar-refractivity contribution >= 4 is 0 Å². The van der Waals surface area contributed by atoms with E-state index in [4.69, 9.17) is 0 Å². The van der Waals surface area contributed by atoms with E-state index in [1.165, 1.54) is 22.3 Å². The van der Waals surface area contributed by atoms with Gasteiger partial charge in [0.25, 0.3) is 0 Å². The molecule has 76 valence electrons. The van der Waals surface area contributed by atoms with Crippen molar-refractivity contribution in [3.8, 4) is 0 Å². The van der Waals surface area contributed by atoms with Gasteiger partial charge >= 0.3 is 0 Å². The Morgan fingerprint density at radius 1 is 0.733 bits per heavy atom. The second-order valence-electron chi connectivity index (χ2n) is 4.15. The molecule has 2 aromatic rings. The van der Waals surface area contributed by atoms with Crippen molar-refractivity contribution in [3.63, 3.8) is 0 Å². The molecule has 0 aliphatic carbocycles. The van der Waals surface area contributed by atoms with Gasteiger partial charge in [0.05, 0.1) is 0 Å². The maximum absolute atomic E-state index is 2.25. The molecule has 0 saturated heterocycles. The second kappa shape index (κ2) is 4.31. The number of hydrogen-bond donors (Lipinski definition) is 0. The normalized spacial score (nSPS) is 10.3. The molecule has 0 amide bonds. The SMILES string of the molecule is Cc1cccc(Cc2cccc(C)c2)c1. The van der Waals surface area contributed by atoms with Gasteiger partial charge < -0.3 is 0 Å². The molecule has 0 aliphatic rings. The van der Waals surface area contributed by atoms with Gasteiger partial charge in [-0.05, 0) is 31.4 Å². The fraction of sp³-hybridized carbons (Fsp3) is 0.200. The van der Waals surface area contributed by atoms with Crippen molar-refractivity contribution in [3.05, 3.63) is 70.8 Å². The van der Waals surface area contributed by atoms with Crippen molar-refractivity contribution in [2.24, 2.45) is 0 Å². The van der Waals surface area contributed by atoms with Gasteiger partial charge in [-0.2, -0.15) is 0 Å². The molecule has 0 saturated carbocycles. The van der Waals surface area contributed by atoms with Crippen LogP contribution in [0.3, 0.4) is 0 Å². The molecular formula is C15H16. The summed E-state index contributed by atoms with van der Waals surface area (Å²) in [6.07, 6.45) is 1.03. The first kappa shape index (κ1) is 9.97. The van der Waals surface area contributed by atoms with Crippen LogP contribution in [0.4, 0.5) is 0 Å². The Balaban J connectivity index is 2.22. The summed E-state index contributed by atoms with van der Waals surface area (Å²) in [5.74, 6) is 0. The Bertz CT molecular complexity index is 412. The largest absolute Gasteiger partial charge is 0.0617 e. The Morgan fingerprint density at radius 3 is 1.60 bits per heavy atom. The molecule has 0 nitrogen and oxygen atoms in total. The lowest BCUT2D eigenvalue weighted by Crippen LogP contribution is -1.89. The predicted octanol–water partition coefficient (Wildman–Crippen LogP) is 3.89. The molecule has 0 aliphatic heterocycles. The Kier molecular flexibility index (Phi) is 2.86. The third-order valence-electron chi connectivity index (χ3n) is 2.57. The monoisotopic (exact) mass is 196 g/mol. The number of benzene rings is 2. The molecule has 0 aromatic heterocycles. The topological polar surface area (TPSA) is 0 Å². The third kappa shape index (κ3) is 2.69. The smallest absolute Gasteiger partial charge is 0.00256 e. The van der Waals surface area contributed by atoms with E-state index in [1.807, 2.05) is 0 Å². The first-order valence-electron chi connectivity index (χ1n) is 5.35. The van der Waals surface area contributed by atoms with Crippen molar-refractivity contribution in [1.29, 1.82) is 0 Å². The van der Waals surface area contributed by atoms with Crippen LogP contribution in [0.25, 0.3) is 0 Å². The molecule has 0 N–H and O–H groups in total. The minimum atomic E-state index is 1.03. The summed E-state index contributed by atoms with van der Waals surface area (Å²) in [4.78, 5) is 0. The van der Waals surface area contributed by atoms with Gasteiger partial charge in [-0.1, -0.05) is 59.7 Å². The second-order valence-corrected chi connectivity index (χ2v) is 4.15. The average molecular weight is 196 g/mol. The Morgan fingerprint density at radius 2 is 1.20 bits per heavy atom. The number of hydrogen-bond acceptors (Lipinski definition) is 0. The summed E-state index contributed by atoms with van der Waals surface area (Å²) in [6.45, 7) is 4.28. The fourth-order valence-electron chi connectivity index (χ4n) is 1.88. The zero-order valence-corrected chi connectivity index (χ0v) is 9.33. The van der Waals surface area contributed by atoms with Crippen LogP contribution in [-0.2, 0) is 6.42 Å². The van der Waals surface area contributed by atoms with Crippen LogP contribution < -0.4 is 0 Å². The summed E-state index contributed by atoms with van der Waals surface area (Å²) in [7, 11) is 0. The van der Waals surface area contributed by atoms with Gasteiger partial charge in [-0.25, -0.2) is 0 Å². The summed E-state index contributed by atoms with van der Waals surface area (Å²) in [5.41, 5.74) is 5.45. The zero-order chi connectivity index (χ0) is 10.7. The van der Waals surface area contributed by atoms with E-state index in [0.717, 1.165) is 6.42 Å². The fourth-order valence-corrected chi connectivity index (χ4v) is 1.88. The minimum Gasteiger partial charge on any atom is -0.0617 e. The zero-order valence-electron chi connectivity index (χ0n) is 9.33. The first-order valence-corrected chi connectivity index (χ1v) is 5.35. The predicted molar refractivity (Wildman–Crippen MR) is 65.2 cm³/mol. The molecule has 0 unspecified atom stereocenters. The van der Waals surface area contributed by atoms with Crippen molar-refractivity contribution < 1.29 is 0 Å². The van der Waals surface area contributed by atoms with E-state index in [1.54, 1.807) is 0 Å². The van der Waals surface area contributed by atoms with E-state index in [0.29, 0.717) is 0 Å². The summed E-state index contributed by atoms with van der Waals surface area (Å²) < 4.78 is 0. The Hall–Kier alpha value is -1.56. The van der Waals surface area contributed by atoms with Gasteiger partial charge in [0.1, 0.15) is 0 Å². The van der Waals surface area contributed by atoms with E-state index in [9.17, 15) is 0 Å². The molecule has 0 heterocycles. The quantitative estimate of drug-likeness (QED) is 0.683. The molecule has 0 bridgehead atoms. The van der Waals surface area contributed by atoms with E-state index in [2.05, 4.69) is 62.4 Å². The molecule has 0 heteroatoms. The van der Waals surface area contributed by atoms with Crippen LogP contribution in [-0.4, -0.2) is 0 Å². The lowest BCUT2D eigenvalue weighted by molar-refractivity contribution is 1.17. The van der Waals surface area contributed by atoms with Crippen LogP contribution in [0, 0.1) is 13.8 Å². The van der Waals surface area contributed by atoms with Crippen LogP contribution in [0.15, 0.2) is 48.5 Å². The maximum Gasteiger partial charge on any atom is -0.00256 e. The van der Waals surface area contributed by atoms with E-state index < -0.39 is 0 Å². The lowest BCUT2D eigenvalue weighted by atomic mass is 10.0. The lowest BCUT2D eigenvalue weighted by Gasteiger charge is -2.03. The molecule has 0 atom stereocenters. The highest BCUT2D eigenvalue weighted by Crippen LogP contribution is 2.12. The van der Waals surface area contributed by atoms with E-state index >= 15 is 0 Å². The average Bonchev–Trinajstić information content (AvgIpc) is 2.17. The molecule has 15 heavy (non-hydrogen) atoms. The molecular weight excluding hydrogens is 180 g/mol.